The SMILES string of the molecule is COC(=O)[C@@]1(O)C[C@@H](O)[C@@H](NC(C)=O)[C@H]([C@H](O)[C@H](O)CO)O1. The van der Waals surface area contributed by atoms with Gasteiger partial charge >= 0.3 is 5.97 Å². The largest absolute Gasteiger partial charge is 0.465 e. The maximum atomic E-state index is 11.6. The number of esters is 1. The molecule has 1 fully saturated rings. The maximum absolute atomic E-state index is 11.6. The second kappa shape index (κ2) is 7.31. The van der Waals surface area contributed by atoms with Crippen molar-refractivity contribution in [1.29, 1.82) is 0 Å². The molecule has 1 aliphatic rings. The van der Waals surface area contributed by atoms with Gasteiger partial charge in [0.2, 0.25) is 5.91 Å². The van der Waals surface area contributed by atoms with Gasteiger partial charge in [-0.3, -0.25) is 4.79 Å². The minimum atomic E-state index is -2.55. The van der Waals surface area contributed by atoms with E-state index in [0.29, 0.717) is 0 Å². The van der Waals surface area contributed by atoms with Crippen LogP contribution in [0.5, 0.6) is 0 Å². The minimum Gasteiger partial charge on any atom is -0.465 e. The summed E-state index contributed by atoms with van der Waals surface area (Å²) in [5, 5.41) is 50.8. The minimum absolute atomic E-state index is 0.563. The molecule has 0 unspecified atom stereocenters. The lowest BCUT2D eigenvalue weighted by Crippen LogP contribution is -2.67. The summed E-state index contributed by atoms with van der Waals surface area (Å²) in [5.41, 5.74) is 0. The van der Waals surface area contributed by atoms with Gasteiger partial charge in [-0.15, -0.1) is 0 Å². The number of rotatable bonds is 5. The van der Waals surface area contributed by atoms with Gasteiger partial charge in [-0.2, -0.15) is 0 Å². The molecule has 0 saturated carbocycles. The van der Waals surface area contributed by atoms with Crippen LogP contribution in [0.15, 0.2) is 0 Å². The van der Waals surface area contributed by atoms with Crippen molar-refractivity contribution in [2.75, 3.05) is 13.7 Å². The molecule has 22 heavy (non-hydrogen) atoms. The van der Waals surface area contributed by atoms with Crippen LogP contribution < -0.4 is 5.32 Å². The zero-order valence-corrected chi connectivity index (χ0v) is 12.2. The van der Waals surface area contributed by atoms with Gasteiger partial charge in [0.15, 0.2) is 0 Å². The molecule has 0 spiro atoms. The average molecular weight is 323 g/mol. The Morgan fingerprint density at radius 1 is 1.45 bits per heavy atom. The molecule has 10 heteroatoms. The number of aliphatic hydroxyl groups is 5. The van der Waals surface area contributed by atoms with Crippen molar-refractivity contribution in [3.05, 3.63) is 0 Å². The molecule has 1 aliphatic heterocycles. The summed E-state index contributed by atoms with van der Waals surface area (Å²) < 4.78 is 9.45. The van der Waals surface area contributed by atoms with Gasteiger partial charge in [-0.1, -0.05) is 0 Å². The third-order valence-corrected chi connectivity index (χ3v) is 3.38. The van der Waals surface area contributed by atoms with E-state index in [9.17, 15) is 30.0 Å². The first-order valence-electron chi connectivity index (χ1n) is 6.57. The van der Waals surface area contributed by atoms with E-state index >= 15 is 0 Å². The third-order valence-electron chi connectivity index (χ3n) is 3.38. The lowest BCUT2D eigenvalue weighted by atomic mass is 9.88. The van der Waals surface area contributed by atoms with Gasteiger partial charge < -0.3 is 40.3 Å². The topological polar surface area (TPSA) is 166 Å². The van der Waals surface area contributed by atoms with E-state index in [-0.39, 0.29) is 0 Å². The Morgan fingerprint density at radius 3 is 2.50 bits per heavy atom. The molecule has 6 atom stereocenters. The Kier molecular flexibility index (Phi) is 6.23. The van der Waals surface area contributed by atoms with Crippen LogP contribution in [0.4, 0.5) is 0 Å². The summed E-state index contributed by atoms with van der Waals surface area (Å²) >= 11 is 0. The summed E-state index contributed by atoms with van der Waals surface area (Å²) in [5.74, 6) is -4.32. The van der Waals surface area contributed by atoms with Crippen LogP contribution >= 0.6 is 0 Å². The second-order valence-corrected chi connectivity index (χ2v) is 5.10. The molecule has 128 valence electrons. The highest BCUT2D eigenvalue weighted by Crippen LogP contribution is 2.31. The molecule has 1 heterocycles. The van der Waals surface area contributed by atoms with E-state index < -0.39 is 61.1 Å². The van der Waals surface area contributed by atoms with Crippen LogP contribution in [0.2, 0.25) is 0 Å². The summed E-state index contributed by atoms with van der Waals surface area (Å²) in [6, 6.07) is -1.21. The molecule has 0 aliphatic carbocycles. The molecule has 0 aromatic heterocycles. The van der Waals surface area contributed by atoms with Crippen LogP contribution in [0.1, 0.15) is 13.3 Å². The number of ether oxygens (including phenoxy) is 2. The molecule has 10 nitrogen and oxygen atoms in total. The van der Waals surface area contributed by atoms with Crippen LogP contribution in [0.3, 0.4) is 0 Å². The van der Waals surface area contributed by atoms with E-state index in [1.807, 2.05) is 0 Å². The van der Waals surface area contributed by atoms with Crippen molar-refractivity contribution in [2.24, 2.45) is 0 Å². The van der Waals surface area contributed by atoms with E-state index in [1.54, 1.807) is 0 Å². The Balaban J connectivity index is 3.09. The van der Waals surface area contributed by atoms with E-state index in [2.05, 4.69) is 10.1 Å². The predicted octanol–water partition coefficient (Wildman–Crippen LogP) is -3.78. The van der Waals surface area contributed by atoms with Crippen molar-refractivity contribution < 1.29 is 44.6 Å². The van der Waals surface area contributed by atoms with Crippen molar-refractivity contribution in [2.45, 2.75) is 49.6 Å². The highest BCUT2D eigenvalue weighted by molar-refractivity contribution is 5.78. The second-order valence-electron chi connectivity index (χ2n) is 5.10. The lowest BCUT2D eigenvalue weighted by Gasteiger charge is -2.45. The molecule has 0 bridgehead atoms. The highest BCUT2D eigenvalue weighted by Gasteiger charge is 2.54. The van der Waals surface area contributed by atoms with Crippen molar-refractivity contribution >= 4 is 11.9 Å². The van der Waals surface area contributed by atoms with E-state index in [0.717, 1.165) is 14.0 Å². The number of hydrogen-bond donors (Lipinski definition) is 6. The number of aliphatic hydroxyl groups excluding tert-OH is 4. The molecule has 1 amide bonds. The molecular weight excluding hydrogens is 302 g/mol. The van der Waals surface area contributed by atoms with Gasteiger partial charge in [0, 0.05) is 13.3 Å². The quantitative estimate of drug-likeness (QED) is 0.278. The molecule has 0 aromatic carbocycles. The third kappa shape index (κ3) is 3.91. The van der Waals surface area contributed by atoms with Crippen molar-refractivity contribution in [3.8, 4) is 0 Å². The Labute approximate surface area is 126 Å². The van der Waals surface area contributed by atoms with Gasteiger partial charge in [0.25, 0.3) is 5.79 Å². The van der Waals surface area contributed by atoms with E-state index in [4.69, 9.17) is 9.84 Å². The number of methoxy groups -OCH3 is 1. The van der Waals surface area contributed by atoms with Crippen molar-refractivity contribution in [3.63, 3.8) is 0 Å². The summed E-state index contributed by atoms with van der Waals surface area (Å²) in [6.45, 7) is 0.320. The first-order valence-corrected chi connectivity index (χ1v) is 6.57. The van der Waals surface area contributed by atoms with Crippen molar-refractivity contribution in [1.82, 2.24) is 5.32 Å². The van der Waals surface area contributed by atoms with Crippen LogP contribution in [-0.2, 0) is 19.1 Å². The first-order chi connectivity index (χ1) is 10.2. The molecule has 0 aromatic rings. The average Bonchev–Trinajstić information content (AvgIpc) is 2.46. The smallest absolute Gasteiger partial charge is 0.366 e. The predicted molar refractivity (Wildman–Crippen MR) is 69.2 cm³/mol. The Hall–Kier alpha value is -1.30. The molecule has 0 radical (unpaired) electrons. The molecular formula is C12H21NO9. The number of carbonyl (C=O) groups is 2. The number of amides is 1. The van der Waals surface area contributed by atoms with Gasteiger partial charge in [0.1, 0.15) is 18.3 Å². The van der Waals surface area contributed by atoms with Crippen LogP contribution in [-0.4, -0.2) is 87.4 Å². The highest BCUT2D eigenvalue weighted by atomic mass is 16.7. The Bertz CT molecular complexity index is 417. The lowest BCUT2D eigenvalue weighted by molar-refractivity contribution is -0.296. The maximum Gasteiger partial charge on any atom is 0.366 e. The zero-order valence-electron chi connectivity index (χ0n) is 12.2. The number of nitrogens with one attached hydrogen (secondary N) is 1. The molecule has 1 saturated heterocycles. The Morgan fingerprint density at radius 2 is 2.05 bits per heavy atom. The van der Waals surface area contributed by atoms with E-state index in [1.165, 1.54) is 0 Å². The fourth-order valence-corrected chi connectivity index (χ4v) is 2.29. The fourth-order valence-electron chi connectivity index (χ4n) is 2.29. The molecule has 6 N–H and O–H groups in total. The normalized spacial score (nSPS) is 34.6. The zero-order chi connectivity index (χ0) is 17.1. The summed E-state index contributed by atoms with van der Waals surface area (Å²) in [6.07, 6.45) is -7.09. The van der Waals surface area contributed by atoms with Gasteiger partial charge in [-0.25, -0.2) is 4.79 Å². The first kappa shape index (κ1) is 18.7. The number of hydrogen-bond acceptors (Lipinski definition) is 9. The van der Waals surface area contributed by atoms with Gasteiger partial charge in [-0.05, 0) is 0 Å². The standard InChI is InChI=1S/C12H21NO9/c1-5(15)13-8-6(16)3-12(20,11(19)21-2)22-10(8)9(18)7(17)4-14/h6-10,14,16-18,20H,3-4H2,1-2H3,(H,13,15)/t6-,7-,8-,9-,10-,12-/m1/s1. The number of carbonyl (C=O) groups excluding carboxylic acids is 2. The van der Waals surface area contributed by atoms with Gasteiger partial charge in [0.05, 0.1) is 25.9 Å². The monoisotopic (exact) mass is 323 g/mol. The van der Waals surface area contributed by atoms with Crippen LogP contribution in [0, 0.1) is 0 Å². The summed E-state index contributed by atoms with van der Waals surface area (Å²) in [4.78, 5) is 22.8. The molecule has 1 rings (SSSR count). The fraction of sp³-hybridized carbons (Fsp3) is 0.833. The van der Waals surface area contributed by atoms with Crippen LogP contribution in [0.25, 0.3) is 0 Å². The summed E-state index contributed by atoms with van der Waals surface area (Å²) in [7, 11) is 0.990.